The molecule has 1 aliphatic heterocycles. The second-order valence-electron chi connectivity index (χ2n) is 11.6. The van der Waals surface area contributed by atoms with Gasteiger partial charge in [0.1, 0.15) is 5.82 Å². The minimum Gasteiger partial charge on any atom is -0.548 e. The second kappa shape index (κ2) is 19.1. The van der Waals surface area contributed by atoms with Gasteiger partial charge in [0.2, 0.25) is 11.8 Å². The molecular weight excluding hydrogens is 595 g/mol. The van der Waals surface area contributed by atoms with Gasteiger partial charge in [-0.25, -0.2) is 13.2 Å². The quantitative estimate of drug-likeness (QED) is 0.129. The number of carbonyl (C=O) groups excluding carboxylic acids is 4. The van der Waals surface area contributed by atoms with E-state index in [0.29, 0.717) is 18.6 Å². The molecule has 3 rings (SSSR count). The first-order chi connectivity index (χ1) is 20.7. The van der Waals surface area contributed by atoms with Crippen molar-refractivity contribution in [1.82, 2.24) is 15.5 Å². The smallest absolute Gasteiger partial charge is 0.548 e. The van der Waals surface area contributed by atoms with E-state index >= 15 is 0 Å². The summed E-state index contributed by atoms with van der Waals surface area (Å²) >= 11 is 0. The number of carboxylic acid groups (broad SMARTS) is 2. The van der Waals surface area contributed by atoms with Crippen molar-refractivity contribution in [1.29, 1.82) is 0 Å². The Morgan fingerprint density at radius 3 is 2.20 bits per heavy atom. The summed E-state index contributed by atoms with van der Waals surface area (Å²) in [6.07, 6.45) is -0.0360. The summed E-state index contributed by atoms with van der Waals surface area (Å²) in [5, 5.41) is 29.4. The summed E-state index contributed by atoms with van der Waals surface area (Å²) in [5.74, 6) is -7.88. The fraction of sp³-hybridized carbons (Fsp3) is 0.484. The summed E-state index contributed by atoms with van der Waals surface area (Å²) in [7, 11) is 0. The van der Waals surface area contributed by atoms with E-state index < -0.39 is 71.4 Å². The molecule has 0 saturated carbocycles. The number of rotatable bonds is 15. The SMILES string of the molecule is CC(C)C[C@H](N[C@@H](CCc1ccccc1)C(=O)[O-])C(=O)N1C[C@@H](NC(=O)C[C@H](N)Cc2cc(F)c(F)cc2F)C[C@H]1C(=O)[O-].[Li+].[Li+]. The van der Waals surface area contributed by atoms with Gasteiger partial charge < -0.3 is 35.8 Å². The Morgan fingerprint density at radius 2 is 1.61 bits per heavy atom. The summed E-state index contributed by atoms with van der Waals surface area (Å²) < 4.78 is 40.7. The number of nitrogens with zero attached hydrogens (tertiary/aromatic N) is 1. The Balaban J connectivity index is 0.00000529. The molecule has 240 valence electrons. The summed E-state index contributed by atoms with van der Waals surface area (Å²) in [6, 6.07) is 4.84. The van der Waals surface area contributed by atoms with Crippen molar-refractivity contribution in [3.8, 4) is 0 Å². The normalized spacial score (nSPS) is 17.8. The number of hydrogen-bond donors (Lipinski definition) is 3. The van der Waals surface area contributed by atoms with Crippen molar-refractivity contribution in [3.63, 3.8) is 0 Å². The van der Waals surface area contributed by atoms with Crippen molar-refractivity contribution in [2.45, 2.75) is 82.6 Å². The van der Waals surface area contributed by atoms with Gasteiger partial charge in [0.15, 0.2) is 11.6 Å². The van der Waals surface area contributed by atoms with Crippen LogP contribution in [0.4, 0.5) is 13.2 Å². The monoisotopic (exact) mass is 632 g/mol. The maximum absolute atomic E-state index is 14.0. The van der Waals surface area contributed by atoms with Gasteiger partial charge in [0, 0.05) is 37.2 Å². The molecule has 1 fully saturated rings. The second-order valence-corrected chi connectivity index (χ2v) is 11.6. The number of halogens is 3. The van der Waals surface area contributed by atoms with Gasteiger partial charge in [-0.2, -0.15) is 0 Å². The van der Waals surface area contributed by atoms with Crippen LogP contribution in [-0.2, 0) is 32.0 Å². The first-order valence-electron chi connectivity index (χ1n) is 14.5. The summed E-state index contributed by atoms with van der Waals surface area (Å²) in [5.41, 5.74) is 6.63. The Bertz CT molecular complexity index is 1340. The molecule has 0 radical (unpaired) electrons. The summed E-state index contributed by atoms with van der Waals surface area (Å²) in [6.45, 7) is 3.48. The third-order valence-electron chi connectivity index (χ3n) is 7.50. The third kappa shape index (κ3) is 12.1. The van der Waals surface area contributed by atoms with E-state index in [1.807, 2.05) is 44.2 Å². The molecule has 1 aliphatic rings. The van der Waals surface area contributed by atoms with Crippen molar-refractivity contribution in [2.75, 3.05) is 6.54 Å². The number of benzene rings is 2. The predicted octanol–water partition coefficient (Wildman–Crippen LogP) is -6.04. The zero-order valence-electron chi connectivity index (χ0n) is 26.6. The van der Waals surface area contributed by atoms with Crippen LogP contribution in [0.5, 0.6) is 0 Å². The number of nitrogens with two attached hydrogens (primary N) is 1. The molecule has 15 heteroatoms. The molecule has 0 aromatic heterocycles. The number of aryl methyl sites for hydroxylation is 1. The number of likely N-dealkylation sites (tertiary alicyclic amines) is 1. The predicted molar refractivity (Wildman–Crippen MR) is 150 cm³/mol. The molecule has 4 N–H and O–H groups in total. The number of aliphatic carboxylic acids is 2. The molecule has 1 heterocycles. The van der Waals surface area contributed by atoms with E-state index in [0.717, 1.165) is 10.5 Å². The maximum atomic E-state index is 14.0. The third-order valence-corrected chi connectivity index (χ3v) is 7.50. The van der Waals surface area contributed by atoms with Gasteiger partial charge >= 0.3 is 37.7 Å². The van der Waals surface area contributed by atoms with Crippen molar-refractivity contribution < 1.29 is 80.3 Å². The molecule has 2 aromatic rings. The van der Waals surface area contributed by atoms with Crippen LogP contribution in [0.15, 0.2) is 42.5 Å². The van der Waals surface area contributed by atoms with Crippen LogP contribution >= 0.6 is 0 Å². The van der Waals surface area contributed by atoms with Crippen molar-refractivity contribution >= 4 is 23.8 Å². The molecule has 0 bridgehead atoms. The number of amides is 2. The Morgan fingerprint density at radius 1 is 0.978 bits per heavy atom. The number of carboxylic acids is 2. The first-order valence-corrected chi connectivity index (χ1v) is 14.5. The van der Waals surface area contributed by atoms with E-state index in [1.165, 1.54) is 0 Å². The minimum absolute atomic E-state index is 0. The fourth-order valence-corrected chi connectivity index (χ4v) is 5.39. The number of carbonyl (C=O) groups is 4. The molecule has 1 saturated heterocycles. The number of nitrogens with one attached hydrogen (secondary N) is 2. The maximum Gasteiger partial charge on any atom is 1.00 e. The first kappa shape index (κ1) is 41.2. The molecule has 0 aliphatic carbocycles. The van der Waals surface area contributed by atoms with Crippen molar-refractivity contribution in [3.05, 3.63) is 71.0 Å². The molecule has 2 aromatic carbocycles. The largest absolute Gasteiger partial charge is 1.00 e. The Labute approximate surface area is 290 Å². The molecule has 46 heavy (non-hydrogen) atoms. The van der Waals surface area contributed by atoms with Crippen LogP contribution < -0.4 is 64.3 Å². The van der Waals surface area contributed by atoms with E-state index in [2.05, 4.69) is 10.6 Å². The zero-order valence-corrected chi connectivity index (χ0v) is 26.6. The molecular formula is C31H37F3Li2N4O6. The Kier molecular flexibility index (Phi) is 17.2. The fourth-order valence-electron chi connectivity index (χ4n) is 5.39. The van der Waals surface area contributed by atoms with Crippen LogP contribution in [0.1, 0.15) is 50.7 Å². The van der Waals surface area contributed by atoms with E-state index in [1.54, 1.807) is 0 Å². The Hall–Kier alpha value is -2.78. The number of hydrogen-bond acceptors (Lipinski definition) is 8. The van der Waals surface area contributed by atoms with Crippen LogP contribution in [0, 0.1) is 23.4 Å². The van der Waals surface area contributed by atoms with E-state index in [-0.39, 0.29) is 87.9 Å². The van der Waals surface area contributed by atoms with Crippen LogP contribution in [0.3, 0.4) is 0 Å². The van der Waals surface area contributed by atoms with Crippen LogP contribution in [0.25, 0.3) is 0 Å². The standard InChI is InChI=1S/C31H39F3N4O6.2Li/c1-17(2)10-26(37-25(30(41)42)9-8-18-6-4-3-5-7-18)29(40)38-16-21(14-27(38)31(43)44)36-28(39)13-20(35)11-19-12-23(33)24(34)15-22(19)32;;/h3-7,12,15,17,20-21,25-27,37H,8-11,13-14,16,35H2,1-2H3,(H,36,39)(H,41,42)(H,43,44);;/q;2*+1/p-2/t20-,21+,25+,26+,27+;;/m1../s1. The molecule has 5 atom stereocenters. The molecule has 2 amide bonds. The van der Waals surface area contributed by atoms with Gasteiger partial charge in [0.05, 0.1) is 24.0 Å². The van der Waals surface area contributed by atoms with Gasteiger partial charge in [0.25, 0.3) is 0 Å². The van der Waals surface area contributed by atoms with Gasteiger partial charge in [-0.3, -0.25) is 14.9 Å². The van der Waals surface area contributed by atoms with E-state index in [4.69, 9.17) is 5.73 Å². The molecule has 0 unspecified atom stereocenters. The van der Waals surface area contributed by atoms with Crippen molar-refractivity contribution in [2.24, 2.45) is 11.7 Å². The zero-order chi connectivity index (χ0) is 32.6. The van der Waals surface area contributed by atoms with Gasteiger partial charge in [-0.05, 0) is 55.2 Å². The van der Waals surface area contributed by atoms with Crippen LogP contribution in [-0.4, -0.2) is 65.4 Å². The molecule has 0 spiro atoms. The van der Waals surface area contributed by atoms with E-state index in [9.17, 15) is 42.6 Å². The van der Waals surface area contributed by atoms with Gasteiger partial charge in [-0.15, -0.1) is 0 Å². The minimum atomic E-state index is -1.54. The van der Waals surface area contributed by atoms with Gasteiger partial charge in [-0.1, -0.05) is 44.2 Å². The average molecular weight is 633 g/mol. The van der Waals surface area contributed by atoms with Crippen LogP contribution in [0.2, 0.25) is 0 Å². The topological polar surface area (TPSA) is 168 Å². The summed E-state index contributed by atoms with van der Waals surface area (Å²) in [4.78, 5) is 51.4. The molecule has 10 nitrogen and oxygen atoms in total. The average Bonchev–Trinajstić information content (AvgIpc) is 3.37.